The lowest BCUT2D eigenvalue weighted by atomic mass is 10.0. The lowest BCUT2D eigenvalue weighted by Gasteiger charge is -2.20. The molecule has 0 saturated carbocycles. The lowest BCUT2D eigenvalue weighted by Crippen LogP contribution is -2.16. The number of rotatable bonds is 4. The van der Waals surface area contributed by atoms with Crippen LogP contribution in [0.15, 0.2) is 12.1 Å². The first kappa shape index (κ1) is 11.7. The molecular weight excluding hydrogens is 224 g/mol. The van der Waals surface area contributed by atoms with Crippen molar-refractivity contribution in [3.63, 3.8) is 0 Å². The summed E-state index contributed by atoms with van der Waals surface area (Å²) >= 11 is 0. The Morgan fingerprint density at radius 2 is 1.88 bits per heavy atom. The molecule has 0 radical (unpaired) electrons. The van der Waals surface area contributed by atoms with Crippen LogP contribution in [0.4, 0.5) is 0 Å². The fourth-order valence-electron chi connectivity index (χ4n) is 1.79. The molecule has 1 aromatic carbocycles. The number of benzene rings is 1. The summed E-state index contributed by atoms with van der Waals surface area (Å²) < 4.78 is 15.9. The molecule has 0 bridgehead atoms. The van der Waals surface area contributed by atoms with Gasteiger partial charge in [0.25, 0.3) is 0 Å². The predicted octanol–water partition coefficient (Wildman–Crippen LogP) is 1.23. The van der Waals surface area contributed by atoms with E-state index in [0.29, 0.717) is 36.9 Å². The lowest BCUT2D eigenvalue weighted by molar-refractivity contribution is -0.136. The summed E-state index contributed by atoms with van der Waals surface area (Å²) in [4.78, 5) is 10.8. The molecule has 1 aliphatic rings. The van der Waals surface area contributed by atoms with Crippen molar-refractivity contribution in [1.82, 2.24) is 0 Å². The number of methoxy groups -OCH3 is 1. The Morgan fingerprint density at radius 3 is 2.41 bits per heavy atom. The van der Waals surface area contributed by atoms with Crippen LogP contribution < -0.4 is 9.47 Å². The van der Waals surface area contributed by atoms with Gasteiger partial charge in [-0.15, -0.1) is 0 Å². The highest BCUT2D eigenvalue weighted by molar-refractivity contribution is 5.71. The van der Waals surface area contributed by atoms with E-state index in [1.807, 2.05) is 0 Å². The summed E-state index contributed by atoms with van der Waals surface area (Å²) in [7, 11) is 1.57. The minimum atomic E-state index is -0.876. The molecule has 5 nitrogen and oxygen atoms in total. The summed E-state index contributed by atoms with van der Waals surface area (Å²) in [5.41, 5.74) is 1.52. The largest absolute Gasteiger partial charge is 0.486 e. The number of fused-ring (bicyclic) bond motifs is 1. The molecule has 1 heterocycles. The van der Waals surface area contributed by atoms with Crippen molar-refractivity contribution < 1.29 is 24.1 Å². The third kappa shape index (κ3) is 2.68. The molecule has 1 aromatic rings. The first-order chi connectivity index (χ1) is 8.20. The number of hydrogen-bond acceptors (Lipinski definition) is 4. The summed E-state index contributed by atoms with van der Waals surface area (Å²) in [6.45, 7) is 1.36. The maximum absolute atomic E-state index is 10.8. The van der Waals surface area contributed by atoms with Crippen LogP contribution in [0.25, 0.3) is 0 Å². The minimum Gasteiger partial charge on any atom is -0.486 e. The highest BCUT2D eigenvalue weighted by Crippen LogP contribution is 2.33. The number of hydrogen-bond donors (Lipinski definition) is 1. The third-order valence-electron chi connectivity index (χ3n) is 2.51. The molecule has 17 heavy (non-hydrogen) atoms. The van der Waals surface area contributed by atoms with E-state index in [0.717, 1.165) is 5.56 Å². The van der Waals surface area contributed by atoms with Crippen LogP contribution in [0, 0.1) is 0 Å². The van der Waals surface area contributed by atoms with Crippen molar-refractivity contribution in [3.05, 3.63) is 23.3 Å². The smallest absolute Gasteiger partial charge is 0.307 e. The van der Waals surface area contributed by atoms with E-state index in [1.54, 1.807) is 19.2 Å². The molecule has 0 aliphatic carbocycles. The average molecular weight is 238 g/mol. The summed E-state index contributed by atoms with van der Waals surface area (Å²) in [6.07, 6.45) is -0.0463. The minimum absolute atomic E-state index is 0.0463. The first-order valence-electron chi connectivity index (χ1n) is 5.33. The van der Waals surface area contributed by atoms with Gasteiger partial charge in [-0.05, 0) is 23.3 Å². The van der Waals surface area contributed by atoms with Crippen LogP contribution in [0.2, 0.25) is 0 Å². The van der Waals surface area contributed by atoms with Gasteiger partial charge in [0.1, 0.15) is 13.2 Å². The van der Waals surface area contributed by atoms with Gasteiger partial charge in [0.15, 0.2) is 11.5 Å². The molecule has 0 atom stereocenters. The van der Waals surface area contributed by atoms with Gasteiger partial charge in [0.05, 0.1) is 13.0 Å². The van der Waals surface area contributed by atoms with Crippen molar-refractivity contribution in [1.29, 1.82) is 0 Å². The summed E-state index contributed by atoms with van der Waals surface area (Å²) in [5.74, 6) is 0.379. The van der Waals surface area contributed by atoms with Crippen molar-refractivity contribution in [3.8, 4) is 11.5 Å². The van der Waals surface area contributed by atoms with Crippen LogP contribution in [0.1, 0.15) is 11.1 Å². The second-order valence-electron chi connectivity index (χ2n) is 3.77. The molecule has 5 heteroatoms. The van der Waals surface area contributed by atoms with Gasteiger partial charge < -0.3 is 19.3 Å². The molecule has 2 rings (SSSR count). The third-order valence-corrected chi connectivity index (χ3v) is 2.51. The van der Waals surface area contributed by atoms with Crippen molar-refractivity contribution >= 4 is 5.97 Å². The van der Waals surface area contributed by atoms with Gasteiger partial charge >= 0.3 is 5.97 Å². The van der Waals surface area contributed by atoms with Crippen LogP contribution in [-0.2, 0) is 22.6 Å². The van der Waals surface area contributed by atoms with Crippen molar-refractivity contribution in [2.75, 3.05) is 20.3 Å². The predicted molar refractivity (Wildman–Crippen MR) is 59.5 cm³/mol. The zero-order valence-corrected chi connectivity index (χ0v) is 9.56. The summed E-state index contributed by atoms with van der Waals surface area (Å²) in [6, 6.07) is 3.51. The summed E-state index contributed by atoms with van der Waals surface area (Å²) in [5, 5.41) is 8.85. The number of carboxylic acid groups (broad SMARTS) is 1. The fourth-order valence-corrected chi connectivity index (χ4v) is 1.79. The van der Waals surface area contributed by atoms with E-state index < -0.39 is 5.97 Å². The van der Waals surface area contributed by atoms with E-state index >= 15 is 0 Å². The van der Waals surface area contributed by atoms with E-state index in [9.17, 15) is 4.79 Å². The highest BCUT2D eigenvalue weighted by Gasteiger charge is 2.17. The standard InChI is InChI=1S/C12H14O5/c1-15-7-9-5-11-10(16-2-3-17-11)4-8(9)6-12(13)14/h4-5H,2-3,6-7H2,1H3,(H,13,14). The second-order valence-corrected chi connectivity index (χ2v) is 3.77. The van der Waals surface area contributed by atoms with E-state index in [4.69, 9.17) is 19.3 Å². The number of carboxylic acids is 1. The van der Waals surface area contributed by atoms with E-state index in [-0.39, 0.29) is 6.42 Å². The van der Waals surface area contributed by atoms with Gasteiger partial charge in [-0.1, -0.05) is 0 Å². The monoisotopic (exact) mass is 238 g/mol. The molecule has 0 saturated heterocycles. The molecule has 1 aliphatic heterocycles. The number of ether oxygens (including phenoxy) is 3. The maximum atomic E-state index is 10.8. The van der Waals surface area contributed by atoms with Crippen LogP contribution in [0.3, 0.4) is 0 Å². The van der Waals surface area contributed by atoms with E-state index in [1.165, 1.54) is 0 Å². The molecule has 0 fully saturated rings. The molecule has 0 unspecified atom stereocenters. The normalized spacial score (nSPS) is 13.5. The molecule has 0 amide bonds. The zero-order chi connectivity index (χ0) is 12.3. The Morgan fingerprint density at radius 1 is 1.29 bits per heavy atom. The maximum Gasteiger partial charge on any atom is 0.307 e. The Balaban J connectivity index is 2.36. The molecule has 0 spiro atoms. The van der Waals surface area contributed by atoms with Crippen LogP contribution in [0.5, 0.6) is 11.5 Å². The van der Waals surface area contributed by atoms with Crippen molar-refractivity contribution in [2.45, 2.75) is 13.0 Å². The second kappa shape index (κ2) is 5.05. The Bertz CT molecular complexity index is 427. The number of aliphatic carboxylic acids is 1. The zero-order valence-electron chi connectivity index (χ0n) is 9.56. The highest BCUT2D eigenvalue weighted by atomic mass is 16.6. The average Bonchev–Trinajstić information content (AvgIpc) is 2.29. The fraction of sp³-hybridized carbons (Fsp3) is 0.417. The van der Waals surface area contributed by atoms with Crippen molar-refractivity contribution in [2.24, 2.45) is 0 Å². The molecular formula is C12H14O5. The van der Waals surface area contributed by atoms with Gasteiger partial charge in [0, 0.05) is 7.11 Å². The van der Waals surface area contributed by atoms with Crippen LogP contribution >= 0.6 is 0 Å². The Labute approximate surface area is 98.9 Å². The molecule has 0 aromatic heterocycles. The molecule has 1 N–H and O–H groups in total. The number of carbonyl (C=O) groups is 1. The Hall–Kier alpha value is -1.75. The van der Waals surface area contributed by atoms with Crippen LogP contribution in [-0.4, -0.2) is 31.4 Å². The topological polar surface area (TPSA) is 65.0 Å². The SMILES string of the molecule is COCc1cc2c(cc1CC(=O)O)OCCO2. The van der Waals surface area contributed by atoms with E-state index in [2.05, 4.69) is 0 Å². The molecule has 92 valence electrons. The van der Waals surface area contributed by atoms with Gasteiger partial charge in [-0.25, -0.2) is 0 Å². The first-order valence-corrected chi connectivity index (χ1v) is 5.33. The van der Waals surface area contributed by atoms with Gasteiger partial charge in [-0.2, -0.15) is 0 Å². The van der Waals surface area contributed by atoms with Gasteiger partial charge in [-0.3, -0.25) is 4.79 Å². The quantitative estimate of drug-likeness (QED) is 0.854. The Kier molecular flexibility index (Phi) is 3.49. The van der Waals surface area contributed by atoms with Gasteiger partial charge in [0.2, 0.25) is 0 Å².